The lowest BCUT2D eigenvalue weighted by atomic mass is 10.2. The minimum atomic E-state index is 0.592. The maximum Gasteiger partial charge on any atom is 0.171 e. The van der Waals surface area contributed by atoms with Crippen LogP contribution in [0.4, 0.5) is 5.69 Å². The van der Waals surface area contributed by atoms with Gasteiger partial charge in [0.2, 0.25) is 0 Å². The Hall–Kier alpha value is -1.65. The van der Waals surface area contributed by atoms with E-state index in [0.717, 1.165) is 21.8 Å². The van der Waals surface area contributed by atoms with E-state index in [4.69, 9.17) is 23.8 Å². The number of thiocarbonyl (C=S) groups is 1. The Balaban J connectivity index is 1.91. The van der Waals surface area contributed by atoms with Crippen molar-refractivity contribution < 1.29 is 4.98 Å². The number of hydrogen-bond donors (Lipinski definition) is 2. The summed E-state index contributed by atoms with van der Waals surface area (Å²) in [5, 5.41) is 7.63. The summed E-state index contributed by atoms with van der Waals surface area (Å²) in [5.41, 5.74) is 3.16. The summed E-state index contributed by atoms with van der Waals surface area (Å²) in [4.78, 5) is 3.03. The molecule has 0 fully saturated rings. The summed E-state index contributed by atoms with van der Waals surface area (Å²) in [6.07, 6.45) is 3.81. The van der Waals surface area contributed by atoms with Gasteiger partial charge in [-0.05, 0) is 49.0 Å². The van der Waals surface area contributed by atoms with Crippen LogP contribution in [0.15, 0.2) is 42.7 Å². The van der Waals surface area contributed by atoms with E-state index < -0.39 is 0 Å². The van der Waals surface area contributed by atoms with Crippen LogP contribution in [0.25, 0.3) is 0 Å². The number of H-pyrrole nitrogens is 1. The molecule has 0 spiro atoms. The number of nitrogens with one attached hydrogen (secondary N) is 3. The number of aryl methyl sites for hydroxylation is 1. The monoisotopic (exact) mass is 292 g/mol. The lowest BCUT2D eigenvalue weighted by molar-refractivity contribution is -0.378. The second-order valence-corrected chi connectivity index (χ2v) is 5.02. The lowest BCUT2D eigenvalue weighted by Crippen LogP contribution is -2.28. The van der Waals surface area contributed by atoms with Crippen LogP contribution in [0, 0.1) is 6.92 Å². The molecule has 2 rings (SSSR count). The molecule has 0 bridgehead atoms. The Morgan fingerprint density at radius 1 is 1.37 bits per heavy atom. The molecule has 1 heterocycles. The van der Waals surface area contributed by atoms with E-state index in [1.807, 2.05) is 49.6 Å². The number of halogens is 1. The fourth-order valence-corrected chi connectivity index (χ4v) is 2.07. The molecule has 3 N–H and O–H groups in total. The van der Waals surface area contributed by atoms with Crippen molar-refractivity contribution in [3.05, 3.63) is 58.9 Å². The molecule has 0 aliphatic rings. The normalized spacial score (nSPS) is 10.0. The minimum Gasteiger partial charge on any atom is -0.358 e. The summed E-state index contributed by atoms with van der Waals surface area (Å²) >= 11 is 11.2. The van der Waals surface area contributed by atoms with Crippen LogP contribution in [0.2, 0.25) is 5.02 Å². The van der Waals surface area contributed by atoms with Crippen LogP contribution in [0.5, 0.6) is 0 Å². The third-order valence-corrected chi connectivity index (χ3v) is 3.14. The zero-order chi connectivity index (χ0) is 13.7. The van der Waals surface area contributed by atoms with Crippen molar-refractivity contribution in [2.24, 2.45) is 0 Å². The van der Waals surface area contributed by atoms with Crippen molar-refractivity contribution in [2.75, 3.05) is 5.32 Å². The molecule has 19 heavy (non-hydrogen) atoms. The zero-order valence-corrected chi connectivity index (χ0v) is 12.1. The van der Waals surface area contributed by atoms with Crippen molar-refractivity contribution in [1.29, 1.82) is 0 Å². The zero-order valence-electron chi connectivity index (χ0n) is 10.5. The summed E-state index contributed by atoms with van der Waals surface area (Å²) in [7, 11) is 0. The maximum atomic E-state index is 5.91. The van der Waals surface area contributed by atoms with Crippen LogP contribution in [0.3, 0.4) is 0 Å². The smallest absolute Gasteiger partial charge is 0.171 e. The minimum absolute atomic E-state index is 0.592. The summed E-state index contributed by atoms with van der Waals surface area (Å²) in [6.45, 7) is 2.67. The van der Waals surface area contributed by atoms with Gasteiger partial charge in [0.15, 0.2) is 17.5 Å². The van der Waals surface area contributed by atoms with Crippen molar-refractivity contribution in [2.45, 2.75) is 13.5 Å². The third-order valence-electron chi connectivity index (χ3n) is 2.66. The standard InChI is InChI=1S/C14H14ClN3S/c1-10-7-12(15)4-5-13(10)18-14(19)17-9-11-3-2-6-16-8-11/h2-8H,9H2,1H3,(H2,17,18,19)/p+1. The molecule has 0 radical (unpaired) electrons. The fraction of sp³-hybridized carbons (Fsp3) is 0.143. The van der Waals surface area contributed by atoms with Crippen LogP contribution >= 0.6 is 23.8 Å². The van der Waals surface area contributed by atoms with E-state index in [-0.39, 0.29) is 0 Å². The molecule has 0 aliphatic heterocycles. The van der Waals surface area contributed by atoms with Crippen molar-refractivity contribution >= 4 is 34.6 Å². The maximum absolute atomic E-state index is 5.91. The largest absolute Gasteiger partial charge is 0.358 e. The highest BCUT2D eigenvalue weighted by Gasteiger charge is 2.02. The first-order chi connectivity index (χ1) is 9.15. The molecule has 2 aromatic rings. The van der Waals surface area contributed by atoms with Gasteiger partial charge in [-0.15, -0.1) is 0 Å². The first kappa shape index (κ1) is 13.8. The molecule has 1 aromatic carbocycles. The highest BCUT2D eigenvalue weighted by atomic mass is 35.5. The molecule has 0 atom stereocenters. The van der Waals surface area contributed by atoms with Crippen LogP contribution in [-0.2, 0) is 6.54 Å². The van der Waals surface area contributed by atoms with Gasteiger partial charge in [-0.2, -0.15) is 0 Å². The first-order valence-corrected chi connectivity index (χ1v) is 6.70. The highest BCUT2D eigenvalue weighted by molar-refractivity contribution is 7.80. The Bertz CT molecular complexity index is 572. The Morgan fingerprint density at radius 2 is 2.21 bits per heavy atom. The Kier molecular flexibility index (Phi) is 4.71. The molecule has 0 unspecified atom stereocenters. The summed E-state index contributed by atoms with van der Waals surface area (Å²) in [5.74, 6) is 0. The van der Waals surface area contributed by atoms with E-state index in [0.29, 0.717) is 11.7 Å². The van der Waals surface area contributed by atoms with Gasteiger partial charge in [0.25, 0.3) is 0 Å². The number of aromatic amines is 1. The molecule has 0 amide bonds. The van der Waals surface area contributed by atoms with Crippen LogP contribution in [0.1, 0.15) is 11.1 Å². The SMILES string of the molecule is Cc1cc(Cl)ccc1NC(=S)NCc1ccc[nH+]c1. The summed E-state index contributed by atoms with van der Waals surface area (Å²) < 4.78 is 0. The van der Waals surface area contributed by atoms with Gasteiger partial charge >= 0.3 is 0 Å². The van der Waals surface area contributed by atoms with E-state index in [1.54, 1.807) is 0 Å². The molecule has 0 saturated carbocycles. The molecule has 98 valence electrons. The molecule has 5 heteroatoms. The fourth-order valence-electron chi connectivity index (χ4n) is 1.66. The number of aromatic nitrogens is 1. The Labute approximate surface area is 123 Å². The number of anilines is 1. The predicted molar refractivity (Wildman–Crippen MR) is 82.2 cm³/mol. The van der Waals surface area contributed by atoms with Gasteiger partial charge in [-0.25, -0.2) is 4.98 Å². The van der Waals surface area contributed by atoms with Crippen molar-refractivity contribution in [3.8, 4) is 0 Å². The highest BCUT2D eigenvalue weighted by Crippen LogP contribution is 2.19. The molecule has 1 aromatic heterocycles. The number of benzene rings is 1. The summed E-state index contributed by atoms with van der Waals surface area (Å²) in [6, 6.07) is 9.64. The quantitative estimate of drug-likeness (QED) is 0.854. The lowest BCUT2D eigenvalue weighted by Gasteiger charge is -2.12. The van der Waals surface area contributed by atoms with Gasteiger partial charge in [-0.3, -0.25) is 0 Å². The van der Waals surface area contributed by atoms with E-state index >= 15 is 0 Å². The van der Waals surface area contributed by atoms with Gasteiger partial charge < -0.3 is 10.6 Å². The number of hydrogen-bond acceptors (Lipinski definition) is 1. The molecule has 3 nitrogen and oxygen atoms in total. The second kappa shape index (κ2) is 6.50. The van der Waals surface area contributed by atoms with E-state index in [1.165, 1.54) is 0 Å². The van der Waals surface area contributed by atoms with E-state index in [9.17, 15) is 0 Å². The van der Waals surface area contributed by atoms with Gasteiger partial charge in [0.05, 0.1) is 0 Å². The topological polar surface area (TPSA) is 38.2 Å². The van der Waals surface area contributed by atoms with Crippen molar-refractivity contribution in [1.82, 2.24) is 5.32 Å². The number of rotatable bonds is 3. The van der Waals surface area contributed by atoms with Gasteiger partial charge in [0, 0.05) is 28.9 Å². The van der Waals surface area contributed by atoms with Gasteiger partial charge in [0.1, 0.15) is 0 Å². The van der Waals surface area contributed by atoms with E-state index in [2.05, 4.69) is 15.6 Å². The molecular formula is C14H15ClN3S+. The molecule has 0 saturated heterocycles. The average molecular weight is 293 g/mol. The molecular weight excluding hydrogens is 278 g/mol. The van der Waals surface area contributed by atoms with Gasteiger partial charge in [-0.1, -0.05) is 11.6 Å². The van der Waals surface area contributed by atoms with Crippen LogP contribution in [-0.4, -0.2) is 5.11 Å². The number of pyridine rings is 1. The first-order valence-electron chi connectivity index (χ1n) is 5.91. The van der Waals surface area contributed by atoms with Crippen molar-refractivity contribution in [3.63, 3.8) is 0 Å². The second-order valence-electron chi connectivity index (χ2n) is 4.18. The Morgan fingerprint density at radius 3 is 2.89 bits per heavy atom. The van der Waals surface area contributed by atoms with Crippen LogP contribution < -0.4 is 15.6 Å². The average Bonchev–Trinajstić information content (AvgIpc) is 2.41. The predicted octanol–water partition coefficient (Wildman–Crippen LogP) is 2.95. The molecule has 0 aliphatic carbocycles. The third kappa shape index (κ3) is 4.19.